The van der Waals surface area contributed by atoms with Crippen molar-refractivity contribution in [2.45, 2.75) is 19.4 Å². The molecular formula is C25H25F2N5O3. The second-order valence-electron chi connectivity index (χ2n) is 8.12. The van der Waals surface area contributed by atoms with Crippen LogP contribution < -0.4 is 15.0 Å². The fourth-order valence-electron chi connectivity index (χ4n) is 3.65. The molecule has 182 valence electrons. The predicted molar refractivity (Wildman–Crippen MR) is 126 cm³/mol. The molecule has 2 aromatic carbocycles. The fourth-order valence-corrected chi connectivity index (χ4v) is 3.65. The van der Waals surface area contributed by atoms with Crippen molar-refractivity contribution in [3.63, 3.8) is 0 Å². The van der Waals surface area contributed by atoms with E-state index in [4.69, 9.17) is 4.74 Å². The van der Waals surface area contributed by atoms with Crippen LogP contribution in [0.25, 0.3) is 0 Å². The lowest BCUT2D eigenvalue weighted by molar-refractivity contribution is -0.130. The third-order valence-electron chi connectivity index (χ3n) is 5.62. The van der Waals surface area contributed by atoms with Crippen molar-refractivity contribution >= 4 is 23.5 Å². The topological polar surface area (TPSA) is 87.7 Å². The smallest absolute Gasteiger partial charge is 0.265 e. The van der Waals surface area contributed by atoms with Crippen LogP contribution in [0.2, 0.25) is 0 Å². The average molecular weight is 482 g/mol. The molecule has 1 aromatic heterocycles. The van der Waals surface area contributed by atoms with E-state index in [-0.39, 0.29) is 18.1 Å². The van der Waals surface area contributed by atoms with Gasteiger partial charge in [0.15, 0.2) is 17.7 Å². The maximum atomic E-state index is 13.3. The van der Waals surface area contributed by atoms with Crippen molar-refractivity contribution < 1.29 is 23.1 Å². The van der Waals surface area contributed by atoms with Gasteiger partial charge in [-0.3, -0.25) is 9.59 Å². The number of ether oxygens (including phenoxy) is 1. The van der Waals surface area contributed by atoms with Gasteiger partial charge < -0.3 is 19.9 Å². The van der Waals surface area contributed by atoms with E-state index in [1.807, 2.05) is 4.90 Å². The molecule has 1 aliphatic heterocycles. The van der Waals surface area contributed by atoms with Crippen molar-refractivity contribution in [1.29, 1.82) is 0 Å². The number of aromatic nitrogens is 2. The van der Waals surface area contributed by atoms with Gasteiger partial charge in [-0.25, -0.2) is 18.7 Å². The average Bonchev–Trinajstić information content (AvgIpc) is 2.88. The van der Waals surface area contributed by atoms with Gasteiger partial charge >= 0.3 is 0 Å². The Kier molecular flexibility index (Phi) is 7.49. The number of nitrogens with one attached hydrogen (secondary N) is 1. The number of hydrogen-bond acceptors (Lipinski definition) is 6. The number of rotatable bonds is 7. The molecule has 8 nitrogen and oxygen atoms in total. The van der Waals surface area contributed by atoms with E-state index in [2.05, 4.69) is 20.2 Å². The number of halogens is 2. The number of nitrogens with zero attached hydrogens (tertiary/aromatic N) is 4. The fraction of sp³-hybridized carbons (Fsp3) is 0.280. The standard InChI is InChI=1S/C25H25F2N5O3/c1-17(35-20-7-8-21(26)22(27)16-20)24(34)30-19-5-3-18(4-6-19)15-23(33)31-11-13-32(14-12-31)25-28-9-2-10-29-25/h2-10,16-17H,11-15H2,1H3,(H,30,34). The van der Waals surface area contributed by atoms with E-state index in [1.54, 1.807) is 42.7 Å². The number of anilines is 2. The van der Waals surface area contributed by atoms with Crippen LogP contribution in [0.1, 0.15) is 12.5 Å². The highest BCUT2D eigenvalue weighted by Crippen LogP contribution is 2.18. The predicted octanol–water partition coefficient (Wildman–Crippen LogP) is 3.05. The first-order chi connectivity index (χ1) is 16.9. The Labute approximate surface area is 201 Å². The SMILES string of the molecule is CC(Oc1ccc(F)c(F)c1)C(=O)Nc1ccc(CC(=O)N2CCN(c3ncccn3)CC2)cc1. The zero-order valence-electron chi connectivity index (χ0n) is 19.2. The summed E-state index contributed by atoms with van der Waals surface area (Å²) in [6.07, 6.45) is 2.73. The van der Waals surface area contributed by atoms with Crippen LogP contribution in [-0.4, -0.2) is 59.0 Å². The third kappa shape index (κ3) is 6.28. The Morgan fingerprint density at radius 3 is 2.34 bits per heavy atom. The summed E-state index contributed by atoms with van der Waals surface area (Å²) in [5, 5.41) is 2.71. The quantitative estimate of drug-likeness (QED) is 0.558. The Morgan fingerprint density at radius 2 is 1.69 bits per heavy atom. The normalized spacial score (nSPS) is 14.4. The van der Waals surface area contributed by atoms with Gasteiger partial charge in [0.2, 0.25) is 11.9 Å². The van der Waals surface area contributed by atoms with Gasteiger partial charge in [0.1, 0.15) is 5.75 Å². The molecule has 1 fully saturated rings. The van der Waals surface area contributed by atoms with Crippen molar-refractivity contribution in [3.8, 4) is 5.75 Å². The first kappa shape index (κ1) is 24.1. The van der Waals surface area contributed by atoms with Crippen LogP contribution >= 0.6 is 0 Å². The lowest BCUT2D eigenvalue weighted by Gasteiger charge is -2.34. The molecule has 0 radical (unpaired) electrons. The van der Waals surface area contributed by atoms with Crippen molar-refractivity contribution in [2.24, 2.45) is 0 Å². The van der Waals surface area contributed by atoms with E-state index in [0.717, 1.165) is 17.7 Å². The Bertz CT molecular complexity index is 1170. The molecule has 1 N–H and O–H groups in total. The molecule has 1 unspecified atom stereocenters. The molecule has 1 saturated heterocycles. The number of hydrogen-bond donors (Lipinski definition) is 1. The van der Waals surface area contributed by atoms with Crippen LogP contribution in [0, 0.1) is 11.6 Å². The highest BCUT2D eigenvalue weighted by atomic mass is 19.2. The number of carbonyl (C=O) groups excluding carboxylic acids is 2. The summed E-state index contributed by atoms with van der Waals surface area (Å²) in [5.74, 6) is -1.73. The van der Waals surface area contributed by atoms with E-state index in [0.29, 0.717) is 37.8 Å². The summed E-state index contributed by atoms with van der Waals surface area (Å²) in [6, 6.07) is 11.8. The van der Waals surface area contributed by atoms with Gasteiger partial charge in [0, 0.05) is 50.3 Å². The first-order valence-corrected chi connectivity index (χ1v) is 11.2. The molecule has 0 bridgehead atoms. The van der Waals surface area contributed by atoms with Crippen molar-refractivity contribution in [1.82, 2.24) is 14.9 Å². The molecule has 10 heteroatoms. The molecular weight excluding hydrogens is 456 g/mol. The van der Waals surface area contributed by atoms with Gasteiger partial charge in [-0.15, -0.1) is 0 Å². The molecule has 35 heavy (non-hydrogen) atoms. The number of amides is 2. The van der Waals surface area contributed by atoms with Gasteiger partial charge in [0.25, 0.3) is 5.91 Å². The third-order valence-corrected chi connectivity index (χ3v) is 5.62. The van der Waals surface area contributed by atoms with Crippen LogP contribution in [0.15, 0.2) is 60.9 Å². The summed E-state index contributed by atoms with van der Waals surface area (Å²) >= 11 is 0. The monoisotopic (exact) mass is 481 g/mol. The highest BCUT2D eigenvalue weighted by molar-refractivity contribution is 5.94. The molecule has 2 heterocycles. The maximum absolute atomic E-state index is 13.3. The lowest BCUT2D eigenvalue weighted by atomic mass is 10.1. The molecule has 4 rings (SSSR count). The zero-order chi connectivity index (χ0) is 24.8. The molecule has 1 aliphatic rings. The Balaban J connectivity index is 1.25. The van der Waals surface area contributed by atoms with Gasteiger partial charge in [0.05, 0.1) is 6.42 Å². The summed E-state index contributed by atoms with van der Waals surface area (Å²) in [4.78, 5) is 37.5. The van der Waals surface area contributed by atoms with Crippen LogP contribution in [-0.2, 0) is 16.0 Å². The second kappa shape index (κ2) is 10.9. The number of carbonyl (C=O) groups is 2. The number of piperazine rings is 1. The summed E-state index contributed by atoms with van der Waals surface area (Å²) in [5.41, 5.74) is 1.36. The Hall–Kier alpha value is -4.08. The Morgan fingerprint density at radius 1 is 1.00 bits per heavy atom. The lowest BCUT2D eigenvalue weighted by Crippen LogP contribution is -2.49. The maximum Gasteiger partial charge on any atom is 0.265 e. The largest absolute Gasteiger partial charge is 0.481 e. The minimum atomic E-state index is -1.05. The zero-order valence-corrected chi connectivity index (χ0v) is 19.2. The van der Waals surface area contributed by atoms with Gasteiger partial charge in [-0.2, -0.15) is 0 Å². The highest BCUT2D eigenvalue weighted by Gasteiger charge is 2.22. The minimum absolute atomic E-state index is 0.0315. The number of benzene rings is 2. The van der Waals surface area contributed by atoms with E-state index in [1.165, 1.54) is 13.0 Å². The van der Waals surface area contributed by atoms with Crippen LogP contribution in [0.3, 0.4) is 0 Å². The van der Waals surface area contributed by atoms with E-state index >= 15 is 0 Å². The van der Waals surface area contributed by atoms with Crippen LogP contribution in [0.4, 0.5) is 20.4 Å². The summed E-state index contributed by atoms with van der Waals surface area (Å²) in [7, 11) is 0. The molecule has 2 amide bonds. The van der Waals surface area contributed by atoms with Gasteiger partial charge in [-0.1, -0.05) is 12.1 Å². The molecule has 0 saturated carbocycles. The second-order valence-corrected chi connectivity index (χ2v) is 8.12. The first-order valence-electron chi connectivity index (χ1n) is 11.2. The van der Waals surface area contributed by atoms with Gasteiger partial charge in [-0.05, 0) is 42.8 Å². The van der Waals surface area contributed by atoms with E-state index < -0.39 is 23.6 Å². The van der Waals surface area contributed by atoms with Crippen molar-refractivity contribution in [2.75, 3.05) is 36.4 Å². The molecule has 1 atom stereocenters. The van der Waals surface area contributed by atoms with Crippen LogP contribution in [0.5, 0.6) is 5.75 Å². The summed E-state index contributed by atoms with van der Waals surface area (Å²) < 4.78 is 31.7. The minimum Gasteiger partial charge on any atom is -0.481 e. The molecule has 3 aromatic rings. The molecule has 0 spiro atoms. The summed E-state index contributed by atoms with van der Waals surface area (Å²) in [6.45, 7) is 4.05. The molecule has 0 aliphatic carbocycles. The van der Waals surface area contributed by atoms with Crippen molar-refractivity contribution in [3.05, 3.63) is 78.1 Å². The van der Waals surface area contributed by atoms with E-state index in [9.17, 15) is 18.4 Å².